The van der Waals surface area contributed by atoms with Crippen LogP contribution in [0.25, 0.3) is 0 Å². The predicted octanol–water partition coefficient (Wildman–Crippen LogP) is 5.34. The number of methoxy groups -OCH3 is 1. The second kappa shape index (κ2) is 15.0. The Morgan fingerprint density at radius 2 is 1.68 bits per heavy atom. The third-order valence-corrected chi connectivity index (χ3v) is 8.96. The highest BCUT2D eigenvalue weighted by molar-refractivity contribution is 7.92. The Balaban J connectivity index is 2.10. The van der Waals surface area contributed by atoms with Gasteiger partial charge in [0, 0.05) is 29.7 Å². The number of nitrogens with zero attached hydrogens (tertiary/aromatic N) is 3. The highest BCUT2D eigenvalue weighted by atomic mass is 35.5. The molecule has 0 bridgehead atoms. The number of sulfonamides is 1. The molecule has 0 aliphatic carbocycles. The van der Waals surface area contributed by atoms with Gasteiger partial charge in [-0.25, -0.2) is 8.42 Å². The molecular weight excluding hydrogens is 608 g/mol. The molecule has 11 nitrogen and oxygen atoms in total. The summed E-state index contributed by atoms with van der Waals surface area (Å²) in [7, 11) is -3.04. The topological polar surface area (TPSA) is 139 Å². The smallest absolute Gasteiger partial charge is 0.273 e. The van der Waals surface area contributed by atoms with E-state index in [0.29, 0.717) is 22.9 Å². The normalized spacial score (nSPS) is 12.0. The summed E-state index contributed by atoms with van der Waals surface area (Å²) >= 11 is 6.06. The molecule has 3 aromatic carbocycles. The number of carbonyl (C=O) groups excluding carboxylic acids is 2. The summed E-state index contributed by atoms with van der Waals surface area (Å²) in [5.74, 6) is -0.379. The Morgan fingerprint density at radius 1 is 1.05 bits per heavy atom. The molecule has 1 N–H and O–H groups in total. The number of nitro groups is 1. The van der Waals surface area contributed by atoms with Gasteiger partial charge in [0.05, 0.1) is 22.6 Å². The summed E-state index contributed by atoms with van der Waals surface area (Å²) < 4.78 is 34.3. The molecule has 0 saturated carbocycles. The lowest BCUT2D eigenvalue weighted by Gasteiger charge is -2.33. The zero-order chi connectivity index (χ0) is 32.6. The van der Waals surface area contributed by atoms with Crippen molar-refractivity contribution in [2.24, 2.45) is 5.92 Å². The van der Waals surface area contributed by atoms with E-state index in [1.807, 2.05) is 13.8 Å². The number of nitrogens with one attached hydrogen (secondary N) is 1. The predicted molar refractivity (Wildman–Crippen MR) is 169 cm³/mol. The molecule has 0 radical (unpaired) electrons. The fraction of sp³-hybridized carbons (Fsp3) is 0.355. The van der Waals surface area contributed by atoms with Crippen LogP contribution in [-0.2, 0) is 26.2 Å². The van der Waals surface area contributed by atoms with Gasteiger partial charge in [0.15, 0.2) is 0 Å². The first kappa shape index (κ1) is 34.3. The van der Waals surface area contributed by atoms with Gasteiger partial charge in [0.1, 0.15) is 18.3 Å². The van der Waals surface area contributed by atoms with Gasteiger partial charge >= 0.3 is 0 Å². The molecule has 3 rings (SSSR count). The van der Waals surface area contributed by atoms with Crippen molar-refractivity contribution in [2.75, 3.05) is 24.5 Å². The Hall–Kier alpha value is -4.16. The first-order chi connectivity index (χ1) is 20.8. The molecule has 0 saturated heterocycles. The number of aryl methyl sites for hydroxylation is 1. The minimum Gasteiger partial charge on any atom is -0.497 e. The molecule has 44 heavy (non-hydrogen) atoms. The number of hydrogen-bond donors (Lipinski definition) is 1. The molecule has 0 fully saturated rings. The van der Waals surface area contributed by atoms with E-state index in [-0.39, 0.29) is 46.6 Å². The quantitative estimate of drug-likeness (QED) is 0.185. The minimum atomic E-state index is -4.51. The fourth-order valence-corrected chi connectivity index (χ4v) is 6.04. The van der Waals surface area contributed by atoms with Crippen LogP contribution in [0.2, 0.25) is 5.02 Å². The molecule has 0 spiro atoms. The molecule has 0 aliphatic heterocycles. The molecule has 0 aliphatic rings. The Bertz CT molecular complexity index is 1580. The maximum Gasteiger partial charge on any atom is 0.273 e. The molecule has 1 unspecified atom stereocenters. The van der Waals surface area contributed by atoms with E-state index in [0.717, 1.165) is 10.4 Å². The number of nitro benzene ring substituents is 1. The van der Waals surface area contributed by atoms with Gasteiger partial charge in [0.25, 0.3) is 15.7 Å². The lowest BCUT2D eigenvalue weighted by molar-refractivity contribution is -0.385. The summed E-state index contributed by atoms with van der Waals surface area (Å²) in [5.41, 5.74) is 0.731. The van der Waals surface area contributed by atoms with Crippen molar-refractivity contribution in [1.29, 1.82) is 0 Å². The maximum absolute atomic E-state index is 14.2. The van der Waals surface area contributed by atoms with Gasteiger partial charge in [-0.3, -0.25) is 24.0 Å². The van der Waals surface area contributed by atoms with E-state index in [1.54, 1.807) is 43.3 Å². The van der Waals surface area contributed by atoms with Crippen molar-refractivity contribution in [2.45, 2.75) is 51.6 Å². The van der Waals surface area contributed by atoms with Crippen LogP contribution < -0.4 is 14.4 Å². The summed E-state index contributed by atoms with van der Waals surface area (Å²) in [4.78, 5) is 39.4. The van der Waals surface area contributed by atoms with Crippen LogP contribution in [-0.4, -0.2) is 56.3 Å². The Morgan fingerprint density at radius 3 is 2.23 bits per heavy atom. The number of ether oxygens (including phenoxy) is 1. The lowest BCUT2D eigenvalue weighted by Crippen LogP contribution is -2.52. The van der Waals surface area contributed by atoms with Crippen LogP contribution in [0.15, 0.2) is 71.6 Å². The molecule has 13 heteroatoms. The van der Waals surface area contributed by atoms with Crippen LogP contribution in [0.4, 0.5) is 11.4 Å². The minimum absolute atomic E-state index is 0.0100. The zero-order valence-corrected chi connectivity index (χ0v) is 26.9. The zero-order valence-electron chi connectivity index (χ0n) is 25.3. The van der Waals surface area contributed by atoms with Gasteiger partial charge in [-0.1, -0.05) is 50.6 Å². The first-order valence-corrected chi connectivity index (χ1v) is 15.8. The van der Waals surface area contributed by atoms with E-state index in [2.05, 4.69) is 5.32 Å². The van der Waals surface area contributed by atoms with Gasteiger partial charge in [-0.2, -0.15) is 0 Å². The number of halogens is 1. The highest BCUT2D eigenvalue weighted by Gasteiger charge is 2.34. The van der Waals surface area contributed by atoms with Crippen LogP contribution in [0.5, 0.6) is 5.75 Å². The summed E-state index contributed by atoms with van der Waals surface area (Å²) in [6.07, 6.45) is 0.267. The monoisotopic (exact) mass is 644 g/mol. The Kier molecular flexibility index (Phi) is 11.7. The van der Waals surface area contributed by atoms with Crippen molar-refractivity contribution in [1.82, 2.24) is 10.2 Å². The SMILES string of the molecule is CCC(C(=O)NCC(C)C)N(Cc1ccc(Cl)cc1)C(=O)CN(c1ccc(OC)cc1)S(=O)(=O)c1ccc(C)c([N+](=O)[O-])c1. The van der Waals surface area contributed by atoms with Gasteiger partial charge in [0.2, 0.25) is 11.8 Å². The van der Waals surface area contributed by atoms with Gasteiger partial charge < -0.3 is 15.0 Å². The summed E-state index contributed by atoms with van der Waals surface area (Å²) in [6.45, 7) is 6.90. The molecule has 1 atom stereocenters. The number of rotatable bonds is 14. The summed E-state index contributed by atoms with van der Waals surface area (Å²) in [6, 6.07) is 15.5. The Labute approximate surface area is 263 Å². The average Bonchev–Trinajstić information content (AvgIpc) is 2.99. The van der Waals surface area contributed by atoms with Crippen LogP contribution >= 0.6 is 11.6 Å². The van der Waals surface area contributed by atoms with Gasteiger partial charge in [-0.15, -0.1) is 0 Å². The fourth-order valence-electron chi connectivity index (χ4n) is 4.48. The van der Waals surface area contributed by atoms with E-state index in [4.69, 9.17) is 16.3 Å². The van der Waals surface area contributed by atoms with Crippen molar-refractivity contribution in [3.8, 4) is 5.75 Å². The molecule has 3 aromatic rings. The number of benzene rings is 3. The standard InChI is InChI=1S/C31H37ClN4O7S/c1-6-28(31(38)33-18-21(2)3)34(19-23-8-10-24(32)11-9-23)30(37)20-35(25-12-14-26(43-5)15-13-25)44(41,42)27-16-7-22(4)29(17-27)36(39)40/h7-17,21,28H,6,18-20H2,1-5H3,(H,33,38). The van der Waals surface area contributed by atoms with Gasteiger partial charge in [-0.05, 0) is 67.3 Å². The van der Waals surface area contributed by atoms with Crippen LogP contribution in [0.3, 0.4) is 0 Å². The number of hydrogen-bond acceptors (Lipinski definition) is 7. The lowest BCUT2D eigenvalue weighted by atomic mass is 10.1. The van der Waals surface area contributed by atoms with E-state index in [1.165, 1.54) is 43.2 Å². The average molecular weight is 645 g/mol. The molecule has 0 heterocycles. The summed E-state index contributed by atoms with van der Waals surface area (Å²) in [5, 5.41) is 15.0. The van der Waals surface area contributed by atoms with E-state index in [9.17, 15) is 28.1 Å². The van der Waals surface area contributed by atoms with Crippen molar-refractivity contribution < 1.29 is 27.7 Å². The van der Waals surface area contributed by atoms with Crippen molar-refractivity contribution >= 4 is 44.8 Å². The molecule has 236 valence electrons. The largest absolute Gasteiger partial charge is 0.497 e. The first-order valence-electron chi connectivity index (χ1n) is 14.0. The van der Waals surface area contributed by atoms with Crippen LogP contribution in [0, 0.1) is 23.0 Å². The molecular formula is C31H37ClN4O7S. The third-order valence-electron chi connectivity index (χ3n) is 6.94. The molecule has 0 aromatic heterocycles. The second-order valence-corrected chi connectivity index (χ2v) is 12.9. The van der Waals surface area contributed by atoms with E-state index < -0.39 is 33.4 Å². The highest BCUT2D eigenvalue weighted by Crippen LogP contribution is 2.29. The van der Waals surface area contributed by atoms with Crippen molar-refractivity contribution in [3.05, 3.63) is 93.0 Å². The number of anilines is 1. The number of carbonyl (C=O) groups is 2. The second-order valence-electron chi connectivity index (χ2n) is 10.6. The maximum atomic E-state index is 14.2. The van der Waals surface area contributed by atoms with E-state index >= 15 is 0 Å². The van der Waals surface area contributed by atoms with Crippen LogP contribution in [0.1, 0.15) is 38.3 Å². The molecule has 2 amide bonds. The van der Waals surface area contributed by atoms with Crippen molar-refractivity contribution in [3.63, 3.8) is 0 Å². The third kappa shape index (κ3) is 8.48. The number of amides is 2.